The third-order valence-electron chi connectivity index (χ3n) is 4.05. The number of rotatable bonds is 2. The Hall–Kier alpha value is -1.09. The molecular formula is C14H20N2O. The van der Waals surface area contributed by atoms with Gasteiger partial charge in [0.1, 0.15) is 5.82 Å². The van der Waals surface area contributed by atoms with Crippen molar-refractivity contribution in [2.75, 3.05) is 18.1 Å². The van der Waals surface area contributed by atoms with Crippen molar-refractivity contribution in [3.8, 4) is 0 Å². The summed E-state index contributed by atoms with van der Waals surface area (Å²) in [6, 6.07) is 4.64. The summed E-state index contributed by atoms with van der Waals surface area (Å²) >= 11 is 0. The number of piperidine rings is 1. The van der Waals surface area contributed by atoms with Crippen LogP contribution in [0.2, 0.25) is 0 Å². The molecule has 1 aromatic rings. The number of fused-ring (bicyclic) bond motifs is 1. The lowest BCUT2D eigenvalue weighted by Gasteiger charge is -2.35. The Morgan fingerprint density at radius 1 is 1.24 bits per heavy atom. The highest BCUT2D eigenvalue weighted by molar-refractivity contribution is 5.44. The van der Waals surface area contributed by atoms with Gasteiger partial charge in [0.15, 0.2) is 0 Å². The molecule has 1 atom stereocenters. The average molecular weight is 232 g/mol. The van der Waals surface area contributed by atoms with Crippen molar-refractivity contribution in [2.24, 2.45) is 0 Å². The number of aliphatic hydroxyl groups is 1. The number of nitrogens with zero attached hydrogens (tertiary/aromatic N) is 2. The molecule has 0 spiro atoms. The van der Waals surface area contributed by atoms with E-state index in [9.17, 15) is 5.11 Å². The Labute approximate surface area is 102 Å². The first-order chi connectivity index (χ1) is 8.38. The van der Waals surface area contributed by atoms with Gasteiger partial charge in [-0.3, -0.25) is 0 Å². The van der Waals surface area contributed by atoms with E-state index in [0.29, 0.717) is 0 Å². The summed E-state index contributed by atoms with van der Waals surface area (Å²) in [5.41, 5.74) is 2.70. The molecule has 1 aliphatic carbocycles. The molecule has 1 unspecified atom stereocenters. The van der Waals surface area contributed by atoms with Crippen molar-refractivity contribution < 1.29 is 5.11 Å². The van der Waals surface area contributed by atoms with Crippen LogP contribution < -0.4 is 4.90 Å². The third-order valence-corrected chi connectivity index (χ3v) is 4.05. The molecule has 0 bridgehead atoms. The second-order valence-electron chi connectivity index (χ2n) is 5.15. The summed E-state index contributed by atoms with van der Waals surface area (Å²) < 4.78 is 0. The second-order valence-corrected chi connectivity index (χ2v) is 5.15. The minimum absolute atomic E-state index is 0.249. The largest absolute Gasteiger partial charge is 0.394 e. The topological polar surface area (TPSA) is 36.4 Å². The van der Waals surface area contributed by atoms with E-state index < -0.39 is 0 Å². The summed E-state index contributed by atoms with van der Waals surface area (Å²) in [4.78, 5) is 7.08. The Bertz CT molecular complexity index is 405. The van der Waals surface area contributed by atoms with Crippen molar-refractivity contribution >= 4 is 5.82 Å². The van der Waals surface area contributed by atoms with E-state index in [2.05, 4.69) is 17.0 Å². The Balaban J connectivity index is 1.87. The zero-order valence-corrected chi connectivity index (χ0v) is 10.2. The Morgan fingerprint density at radius 2 is 2.18 bits per heavy atom. The summed E-state index contributed by atoms with van der Waals surface area (Å²) in [6.45, 7) is 1.29. The van der Waals surface area contributed by atoms with Crippen LogP contribution in [0.5, 0.6) is 0 Å². The fourth-order valence-electron chi connectivity index (χ4n) is 3.06. The van der Waals surface area contributed by atoms with Gasteiger partial charge >= 0.3 is 0 Å². The highest BCUT2D eigenvalue weighted by Crippen LogP contribution is 2.27. The minimum Gasteiger partial charge on any atom is -0.394 e. The predicted molar refractivity (Wildman–Crippen MR) is 68.3 cm³/mol. The number of aryl methyl sites for hydroxylation is 2. The maximum atomic E-state index is 9.45. The van der Waals surface area contributed by atoms with E-state index >= 15 is 0 Å². The molecular weight excluding hydrogens is 212 g/mol. The van der Waals surface area contributed by atoms with Gasteiger partial charge in [-0.05, 0) is 50.2 Å². The van der Waals surface area contributed by atoms with E-state index in [1.807, 2.05) is 0 Å². The summed E-state index contributed by atoms with van der Waals surface area (Å²) in [7, 11) is 0. The molecule has 3 nitrogen and oxygen atoms in total. The summed E-state index contributed by atoms with van der Waals surface area (Å²) in [6.07, 6.45) is 7.10. The molecule has 17 heavy (non-hydrogen) atoms. The van der Waals surface area contributed by atoms with E-state index in [1.165, 1.54) is 36.9 Å². The highest BCUT2D eigenvalue weighted by Gasteiger charge is 2.24. The van der Waals surface area contributed by atoms with Crippen molar-refractivity contribution in [3.05, 3.63) is 23.4 Å². The quantitative estimate of drug-likeness (QED) is 0.846. The Morgan fingerprint density at radius 3 is 3.06 bits per heavy atom. The maximum Gasteiger partial charge on any atom is 0.129 e. The van der Waals surface area contributed by atoms with Crippen LogP contribution in [0, 0.1) is 0 Å². The van der Waals surface area contributed by atoms with Gasteiger partial charge in [0.2, 0.25) is 0 Å². The zero-order chi connectivity index (χ0) is 11.7. The van der Waals surface area contributed by atoms with Crippen LogP contribution in [0.4, 0.5) is 5.82 Å². The highest BCUT2D eigenvalue weighted by atomic mass is 16.3. The van der Waals surface area contributed by atoms with Crippen molar-refractivity contribution in [1.82, 2.24) is 4.98 Å². The van der Waals surface area contributed by atoms with Crippen molar-refractivity contribution in [3.63, 3.8) is 0 Å². The molecule has 0 saturated carbocycles. The first-order valence-corrected chi connectivity index (χ1v) is 6.75. The lowest BCUT2D eigenvalue weighted by atomic mass is 10.0. The molecule has 2 heterocycles. The van der Waals surface area contributed by atoms with Gasteiger partial charge in [0.05, 0.1) is 12.6 Å². The van der Waals surface area contributed by atoms with Crippen LogP contribution in [-0.4, -0.2) is 29.3 Å². The molecule has 0 radical (unpaired) electrons. The molecule has 3 heteroatoms. The van der Waals surface area contributed by atoms with Gasteiger partial charge in [0.25, 0.3) is 0 Å². The number of aliphatic hydroxyl groups excluding tert-OH is 1. The number of anilines is 1. The van der Waals surface area contributed by atoms with Crippen LogP contribution in [0.3, 0.4) is 0 Å². The molecule has 2 aliphatic rings. The first kappa shape index (κ1) is 11.0. The monoisotopic (exact) mass is 232 g/mol. The van der Waals surface area contributed by atoms with Gasteiger partial charge in [0, 0.05) is 12.2 Å². The summed E-state index contributed by atoms with van der Waals surface area (Å²) in [5.74, 6) is 1.07. The lowest BCUT2D eigenvalue weighted by Crippen LogP contribution is -2.42. The van der Waals surface area contributed by atoms with Crippen LogP contribution >= 0.6 is 0 Å². The molecule has 1 N–H and O–H groups in total. The van der Waals surface area contributed by atoms with E-state index in [-0.39, 0.29) is 12.6 Å². The van der Waals surface area contributed by atoms with Gasteiger partial charge in [-0.15, -0.1) is 0 Å². The second kappa shape index (κ2) is 4.65. The molecule has 1 fully saturated rings. The molecule has 3 rings (SSSR count). The molecule has 1 aromatic heterocycles. The van der Waals surface area contributed by atoms with Crippen molar-refractivity contribution in [1.29, 1.82) is 0 Å². The van der Waals surface area contributed by atoms with E-state index in [4.69, 9.17) is 4.98 Å². The zero-order valence-electron chi connectivity index (χ0n) is 10.2. The molecule has 0 aromatic carbocycles. The predicted octanol–water partition coefficient (Wildman–Crippen LogP) is 1.92. The third kappa shape index (κ3) is 2.04. The fraction of sp³-hybridized carbons (Fsp3) is 0.643. The van der Waals surface area contributed by atoms with Crippen molar-refractivity contribution in [2.45, 2.75) is 44.6 Å². The van der Waals surface area contributed by atoms with Crippen LogP contribution in [0.1, 0.15) is 36.9 Å². The fourth-order valence-corrected chi connectivity index (χ4v) is 3.06. The van der Waals surface area contributed by atoms with Gasteiger partial charge in [-0.2, -0.15) is 0 Å². The van der Waals surface area contributed by atoms with E-state index in [0.717, 1.165) is 25.2 Å². The van der Waals surface area contributed by atoms with Crippen LogP contribution in [0.25, 0.3) is 0 Å². The normalized spacial score (nSPS) is 23.8. The maximum absolute atomic E-state index is 9.45. The number of hydrogen-bond donors (Lipinski definition) is 1. The Kier molecular flexibility index (Phi) is 3.02. The van der Waals surface area contributed by atoms with Gasteiger partial charge in [-0.25, -0.2) is 4.98 Å². The van der Waals surface area contributed by atoms with Gasteiger partial charge < -0.3 is 10.0 Å². The first-order valence-electron chi connectivity index (χ1n) is 6.75. The smallest absolute Gasteiger partial charge is 0.129 e. The van der Waals surface area contributed by atoms with Gasteiger partial charge in [-0.1, -0.05) is 6.07 Å². The SMILES string of the molecule is OCC1CCCCN1c1ccc2c(n1)CCC2. The number of aromatic nitrogens is 1. The summed E-state index contributed by atoms with van der Waals surface area (Å²) in [5, 5.41) is 9.45. The minimum atomic E-state index is 0.249. The van der Waals surface area contributed by atoms with E-state index in [1.54, 1.807) is 0 Å². The molecule has 92 valence electrons. The standard InChI is InChI=1S/C14H20N2O/c17-10-12-5-1-2-9-16(12)14-8-7-11-4-3-6-13(11)15-14/h7-8,12,17H,1-6,9-10H2. The molecule has 1 aliphatic heterocycles. The molecule has 1 saturated heterocycles. The number of hydrogen-bond acceptors (Lipinski definition) is 3. The average Bonchev–Trinajstić information content (AvgIpc) is 2.85. The van der Waals surface area contributed by atoms with Crippen LogP contribution in [0.15, 0.2) is 12.1 Å². The molecule has 0 amide bonds. The lowest BCUT2D eigenvalue weighted by molar-refractivity contribution is 0.239. The number of pyridine rings is 1. The van der Waals surface area contributed by atoms with Crippen LogP contribution in [-0.2, 0) is 12.8 Å².